The Bertz CT molecular complexity index is 97.7. The molecule has 3 nitrogen and oxygen atoms in total. The van der Waals surface area contributed by atoms with Gasteiger partial charge in [0.25, 0.3) is 0 Å². The molecule has 0 aliphatic heterocycles. The minimum atomic E-state index is 0.463. The predicted molar refractivity (Wildman–Crippen MR) is 33.6 cm³/mol. The first-order valence-electron chi connectivity index (χ1n) is 3.17. The van der Waals surface area contributed by atoms with E-state index in [1.54, 1.807) is 6.19 Å². The molecule has 0 atom stereocenters. The van der Waals surface area contributed by atoms with Gasteiger partial charge in [0.05, 0.1) is 6.54 Å². The second-order valence-electron chi connectivity index (χ2n) is 1.93. The highest BCUT2D eigenvalue weighted by Gasteiger charge is 1.92. The topological polar surface area (TPSA) is 47.3 Å². The Morgan fingerprint density at radius 3 is 2.67 bits per heavy atom. The van der Waals surface area contributed by atoms with Crippen molar-refractivity contribution in [1.29, 1.82) is 5.26 Å². The average molecular weight is 128 g/mol. The fourth-order valence-electron chi connectivity index (χ4n) is 0.562. The van der Waals surface area contributed by atoms with Gasteiger partial charge >= 0.3 is 0 Å². The largest absolute Gasteiger partial charge is 0.279 e. The SMILES string of the molecule is CCCCCN(O)C#N. The van der Waals surface area contributed by atoms with Crippen LogP contribution >= 0.6 is 0 Å². The summed E-state index contributed by atoms with van der Waals surface area (Å²) in [6, 6.07) is 0. The molecule has 0 spiro atoms. The smallest absolute Gasteiger partial charge is 0.205 e. The zero-order chi connectivity index (χ0) is 7.11. The van der Waals surface area contributed by atoms with Crippen molar-refractivity contribution >= 4 is 0 Å². The molecule has 9 heavy (non-hydrogen) atoms. The number of hydroxylamine groups is 2. The molecule has 0 fully saturated rings. The van der Waals surface area contributed by atoms with Crippen LogP contribution < -0.4 is 0 Å². The number of hydrogen-bond acceptors (Lipinski definition) is 3. The van der Waals surface area contributed by atoms with Crippen molar-refractivity contribution in [2.45, 2.75) is 26.2 Å². The lowest BCUT2D eigenvalue weighted by molar-refractivity contribution is -0.0317. The summed E-state index contributed by atoms with van der Waals surface area (Å²) in [4.78, 5) is 0. The summed E-state index contributed by atoms with van der Waals surface area (Å²) >= 11 is 0. The van der Waals surface area contributed by atoms with Gasteiger partial charge in [-0.3, -0.25) is 5.21 Å². The van der Waals surface area contributed by atoms with Crippen LogP contribution in [0.4, 0.5) is 0 Å². The van der Waals surface area contributed by atoms with Crippen molar-refractivity contribution in [2.75, 3.05) is 6.54 Å². The van der Waals surface area contributed by atoms with Crippen molar-refractivity contribution in [3.05, 3.63) is 0 Å². The van der Waals surface area contributed by atoms with E-state index in [2.05, 4.69) is 6.92 Å². The number of nitrogens with zero attached hydrogens (tertiary/aromatic N) is 2. The van der Waals surface area contributed by atoms with Crippen LogP contribution in [0, 0.1) is 11.5 Å². The van der Waals surface area contributed by atoms with Crippen molar-refractivity contribution in [3.8, 4) is 6.19 Å². The molecule has 0 aromatic carbocycles. The summed E-state index contributed by atoms with van der Waals surface area (Å²) in [5.41, 5.74) is 0. The maximum absolute atomic E-state index is 8.56. The first kappa shape index (κ1) is 8.25. The van der Waals surface area contributed by atoms with E-state index in [9.17, 15) is 0 Å². The van der Waals surface area contributed by atoms with Gasteiger partial charge in [0.15, 0.2) is 0 Å². The van der Waals surface area contributed by atoms with Crippen molar-refractivity contribution < 1.29 is 5.21 Å². The van der Waals surface area contributed by atoms with E-state index in [4.69, 9.17) is 10.5 Å². The highest BCUT2D eigenvalue weighted by molar-refractivity contribution is 4.61. The molecular formula is C6H12N2O. The second-order valence-corrected chi connectivity index (χ2v) is 1.93. The zero-order valence-corrected chi connectivity index (χ0v) is 5.67. The summed E-state index contributed by atoms with van der Waals surface area (Å²) in [6.07, 6.45) is 4.68. The standard InChI is InChI=1S/C6H12N2O/c1-2-3-4-5-8(9)6-7/h9H,2-5H2,1H3. The molecule has 0 aliphatic rings. The van der Waals surface area contributed by atoms with E-state index in [1.165, 1.54) is 0 Å². The second kappa shape index (κ2) is 5.39. The molecule has 0 heterocycles. The van der Waals surface area contributed by atoms with Crippen molar-refractivity contribution in [1.82, 2.24) is 5.06 Å². The number of nitriles is 1. The Morgan fingerprint density at radius 2 is 2.22 bits per heavy atom. The fraction of sp³-hybridized carbons (Fsp3) is 0.833. The van der Waals surface area contributed by atoms with Gasteiger partial charge in [-0.15, -0.1) is 0 Å². The Balaban J connectivity index is 2.99. The van der Waals surface area contributed by atoms with Gasteiger partial charge in [0, 0.05) is 0 Å². The van der Waals surface area contributed by atoms with E-state index in [0.717, 1.165) is 19.3 Å². The van der Waals surface area contributed by atoms with Gasteiger partial charge in [-0.2, -0.15) is 10.3 Å². The van der Waals surface area contributed by atoms with Gasteiger partial charge in [-0.05, 0) is 6.42 Å². The molecule has 0 aromatic heterocycles. The first-order chi connectivity index (χ1) is 4.31. The van der Waals surface area contributed by atoms with Gasteiger partial charge in [-0.1, -0.05) is 19.8 Å². The van der Waals surface area contributed by atoms with Crippen LogP contribution in [0.25, 0.3) is 0 Å². The average Bonchev–Trinajstić information content (AvgIpc) is 1.89. The number of unbranched alkanes of at least 4 members (excludes halogenated alkanes) is 2. The maximum atomic E-state index is 8.56. The third-order valence-corrected chi connectivity index (χ3v) is 1.09. The molecule has 1 N–H and O–H groups in total. The van der Waals surface area contributed by atoms with Crippen LogP contribution in [0.1, 0.15) is 26.2 Å². The van der Waals surface area contributed by atoms with Crippen LogP contribution in [-0.2, 0) is 0 Å². The summed E-state index contributed by atoms with van der Waals surface area (Å²) < 4.78 is 0. The molecule has 0 bridgehead atoms. The molecule has 0 rings (SSSR count). The number of hydrogen-bond donors (Lipinski definition) is 1. The maximum Gasteiger partial charge on any atom is 0.205 e. The van der Waals surface area contributed by atoms with Crippen LogP contribution in [0.15, 0.2) is 0 Å². The lowest BCUT2D eigenvalue weighted by Crippen LogP contribution is -2.12. The van der Waals surface area contributed by atoms with Gasteiger partial charge in [0.1, 0.15) is 0 Å². The van der Waals surface area contributed by atoms with Crippen LogP contribution in [0.5, 0.6) is 0 Å². The minimum Gasteiger partial charge on any atom is -0.279 e. The fourth-order valence-corrected chi connectivity index (χ4v) is 0.562. The molecule has 0 saturated carbocycles. The molecule has 52 valence electrons. The molecule has 0 aliphatic carbocycles. The minimum absolute atomic E-state index is 0.463. The monoisotopic (exact) mass is 128 g/mol. The van der Waals surface area contributed by atoms with E-state index in [-0.39, 0.29) is 0 Å². The Kier molecular flexibility index (Phi) is 4.94. The van der Waals surface area contributed by atoms with E-state index < -0.39 is 0 Å². The predicted octanol–water partition coefficient (Wildman–Crippen LogP) is 1.35. The van der Waals surface area contributed by atoms with Gasteiger partial charge < -0.3 is 0 Å². The van der Waals surface area contributed by atoms with E-state index in [1.807, 2.05) is 0 Å². The van der Waals surface area contributed by atoms with E-state index >= 15 is 0 Å². The Labute approximate surface area is 55.5 Å². The highest BCUT2D eigenvalue weighted by atomic mass is 16.5. The van der Waals surface area contributed by atoms with E-state index in [0.29, 0.717) is 11.6 Å². The quantitative estimate of drug-likeness (QED) is 0.269. The molecule has 0 radical (unpaired) electrons. The Hall–Kier alpha value is -0.750. The highest BCUT2D eigenvalue weighted by Crippen LogP contribution is 1.93. The lowest BCUT2D eigenvalue weighted by Gasteiger charge is -2.03. The molecule has 0 amide bonds. The summed E-state index contributed by atoms with van der Waals surface area (Å²) in [5, 5.41) is 17.3. The van der Waals surface area contributed by atoms with Gasteiger partial charge in [0.2, 0.25) is 6.19 Å². The normalized spacial score (nSPS) is 8.56. The Morgan fingerprint density at radius 1 is 1.56 bits per heavy atom. The molecule has 0 unspecified atom stereocenters. The van der Waals surface area contributed by atoms with Crippen molar-refractivity contribution in [2.24, 2.45) is 0 Å². The lowest BCUT2D eigenvalue weighted by atomic mass is 10.2. The summed E-state index contributed by atoms with van der Waals surface area (Å²) in [6.45, 7) is 2.54. The summed E-state index contributed by atoms with van der Waals surface area (Å²) in [7, 11) is 0. The van der Waals surface area contributed by atoms with Crippen molar-refractivity contribution in [3.63, 3.8) is 0 Å². The zero-order valence-electron chi connectivity index (χ0n) is 5.67. The van der Waals surface area contributed by atoms with Crippen LogP contribution in [0.2, 0.25) is 0 Å². The van der Waals surface area contributed by atoms with Crippen LogP contribution in [-0.4, -0.2) is 16.8 Å². The molecule has 3 heteroatoms. The molecular weight excluding hydrogens is 116 g/mol. The molecule has 0 aromatic rings. The third kappa shape index (κ3) is 5.12. The number of rotatable bonds is 4. The van der Waals surface area contributed by atoms with Crippen LogP contribution in [0.3, 0.4) is 0 Å². The molecule has 0 saturated heterocycles. The third-order valence-electron chi connectivity index (χ3n) is 1.09. The van der Waals surface area contributed by atoms with Gasteiger partial charge in [-0.25, -0.2) is 0 Å². The first-order valence-corrected chi connectivity index (χ1v) is 3.17. The summed E-state index contributed by atoms with van der Waals surface area (Å²) in [5.74, 6) is 0.